The molecule has 9 heteroatoms. The van der Waals surface area contributed by atoms with Gasteiger partial charge in [0.25, 0.3) is 5.69 Å². The minimum absolute atomic E-state index is 0.0376. The molecule has 0 aliphatic carbocycles. The number of non-ortho nitro benzene ring substituents is 1. The summed E-state index contributed by atoms with van der Waals surface area (Å²) in [4.78, 5) is 54.5. The smallest absolute Gasteiger partial charge is 0.330 e. The molecule has 2 atom stereocenters. The number of urea groups is 1. The number of anilines is 1. The average molecular weight is 473 g/mol. The van der Waals surface area contributed by atoms with Gasteiger partial charge in [0.05, 0.1) is 11.0 Å². The van der Waals surface area contributed by atoms with Crippen molar-refractivity contribution in [3.63, 3.8) is 0 Å². The van der Waals surface area contributed by atoms with Crippen molar-refractivity contribution in [2.45, 2.75) is 78.7 Å². The molecule has 0 radical (unpaired) electrons. The summed E-state index contributed by atoms with van der Waals surface area (Å²) in [5, 5.41) is 13.9. The molecule has 1 fully saturated rings. The van der Waals surface area contributed by atoms with Gasteiger partial charge in [0.15, 0.2) is 5.41 Å². The third-order valence-electron chi connectivity index (χ3n) is 6.97. The van der Waals surface area contributed by atoms with Crippen LogP contribution >= 0.6 is 0 Å². The van der Waals surface area contributed by atoms with Crippen LogP contribution in [-0.2, 0) is 16.0 Å². The highest BCUT2D eigenvalue weighted by atomic mass is 16.6. The highest BCUT2D eigenvalue weighted by molar-refractivity contribution is 6.20. The number of benzene rings is 1. The maximum Gasteiger partial charge on any atom is 0.330 e. The number of hydrogen-bond acceptors (Lipinski definition) is 6. The molecule has 4 amide bonds. The Bertz CT molecular complexity index is 963. The lowest BCUT2D eigenvalue weighted by molar-refractivity contribution is -0.384. The van der Waals surface area contributed by atoms with E-state index in [4.69, 9.17) is 0 Å². The number of imide groups is 2. The molecule has 1 N–H and O–H groups in total. The SMILES string of the molecule is CCCCN1c2ccc([N+](=O)[O-])cc2CC2(C(=O)NC(=O)N(CCCC(C)C)C2=O)C1CCC. The van der Waals surface area contributed by atoms with Crippen LogP contribution in [0.15, 0.2) is 18.2 Å². The zero-order valence-electron chi connectivity index (χ0n) is 20.6. The van der Waals surface area contributed by atoms with Crippen LogP contribution in [0.4, 0.5) is 16.2 Å². The van der Waals surface area contributed by atoms with Gasteiger partial charge >= 0.3 is 6.03 Å². The maximum absolute atomic E-state index is 14.0. The van der Waals surface area contributed by atoms with Crippen molar-refractivity contribution < 1.29 is 19.3 Å². The van der Waals surface area contributed by atoms with Gasteiger partial charge in [-0.05, 0) is 43.2 Å². The summed E-state index contributed by atoms with van der Waals surface area (Å²) in [5.41, 5.74) is -0.158. The van der Waals surface area contributed by atoms with Gasteiger partial charge in [-0.3, -0.25) is 29.9 Å². The van der Waals surface area contributed by atoms with E-state index >= 15 is 0 Å². The summed E-state index contributed by atoms with van der Waals surface area (Å²) in [7, 11) is 0. The first-order chi connectivity index (χ1) is 16.2. The number of nitrogens with one attached hydrogen (secondary N) is 1. The Morgan fingerprint density at radius 3 is 2.50 bits per heavy atom. The van der Waals surface area contributed by atoms with Crippen molar-refractivity contribution in [1.82, 2.24) is 10.2 Å². The highest BCUT2D eigenvalue weighted by Gasteiger charge is 2.61. The molecule has 1 saturated heterocycles. The molecule has 34 heavy (non-hydrogen) atoms. The fraction of sp³-hybridized carbons (Fsp3) is 0.640. The van der Waals surface area contributed by atoms with Gasteiger partial charge in [-0.25, -0.2) is 4.79 Å². The van der Waals surface area contributed by atoms with Crippen LogP contribution in [0.2, 0.25) is 0 Å². The van der Waals surface area contributed by atoms with E-state index in [2.05, 4.69) is 31.0 Å². The van der Waals surface area contributed by atoms with E-state index in [0.29, 0.717) is 30.9 Å². The molecule has 1 aromatic carbocycles. The molecule has 0 aromatic heterocycles. The lowest BCUT2D eigenvalue weighted by Crippen LogP contribution is -2.72. The first kappa shape index (κ1) is 25.6. The quantitative estimate of drug-likeness (QED) is 0.306. The van der Waals surface area contributed by atoms with Gasteiger partial charge in [-0.15, -0.1) is 0 Å². The van der Waals surface area contributed by atoms with Crippen LogP contribution in [0.1, 0.15) is 71.8 Å². The molecule has 2 aliphatic rings. The van der Waals surface area contributed by atoms with Crippen LogP contribution in [0.25, 0.3) is 0 Å². The number of barbiturate groups is 1. The molecule has 2 unspecified atom stereocenters. The van der Waals surface area contributed by atoms with E-state index in [1.54, 1.807) is 6.07 Å². The third kappa shape index (κ3) is 4.65. The minimum atomic E-state index is -1.50. The van der Waals surface area contributed by atoms with Gasteiger partial charge in [-0.1, -0.05) is 40.5 Å². The molecular weight excluding hydrogens is 436 g/mol. The summed E-state index contributed by atoms with van der Waals surface area (Å²) in [6, 6.07) is 3.56. The summed E-state index contributed by atoms with van der Waals surface area (Å²) in [6.07, 6.45) is 4.65. The molecule has 1 aromatic rings. The van der Waals surface area contributed by atoms with Crippen molar-refractivity contribution in [2.75, 3.05) is 18.0 Å². The van der Waals surface area contributed by atoms with E-state index in [9.17, 15) is 24.5 Å². The Labute approximate surface area is 201 Å². The number of fused-ring (bicyclic) bond motifs is 1. The molecule has 1 spiro atoms. The lowest BCUT2D eigenvalue weighted by Gasteiger charge is -2.52. The normalized spacial score (nSPS) is 22.4. The van der Waals surface area contributed by atoms with Crippen LogP contribution in [0.5, 0.6) is 0 Å². The Hall–Kier alpha value is -2.97. The van der Waals surface area contributed by atoms with Crippen LogP contribution in [0.3, 0.4) is 0 Å². The largest absolute Gasteiger partial charge is 0.367 e. The van der Waals surface area contributed by atoms with Gasteiger partial charge in [-0.2, -0.15) is 0 Å². The van der Waals surface area contributed by atoms with Gasteiger partial charge in [0, 0.05) is 37.3 Å². The molecule has 0 saturated carbocycles. The number of rotatable bonds is 10. The molecule has 9 nitrogen and oxygen atoms in total. The van der Waals surface area contributed by atoms with Crippen LogP contribution in [0, 0.1) is 21.4 Å². The van der Waals surface area contributed by atoms with Gasteiger partial charge < -0.3 is 4.90 Å². The number of carbonyl (C=O) groups is 3. The van der Waals surface area contributed by atoms with E-state index in [0.717, 1.165) is 31.4 Å². The van der Waals surface area contributed by atoms with Gasteiger partial charge in [0.1, 0.15) is 0 Å². The fourth-order valence-corrected chi connectivity index (χ4v) is 5.26. The summed E-state index contributed by atoms with van der Waals surface area (Å²) in [5.74, 6) is -0.653. The number of nitro benzene ring substituents is 1. The van der Waals surface area contributed by atoms with Crippen molar-refractivity contribution in [3.05, 3.63) is 33.9 Å². The summed E-state index contributed by atoms with van der Waals surface area (Å²) < 4.78 is 0. The van der Waals surface area contributed by atoms with E-state index in [1.165, 1.54) is 17.0 Å². The second-order valence-electron chi connectivity index (χ2n) is 9.82. The topological polar surface area (TPSA) is 113 Å². The lowest BCUT2D eigenvalue weighted by atomic mass is 9.67. The number of amides is 4. The number of nitro groups is 1. The molecule has 0 bridgehead atoms. The second-order valence-corrected chi connectivity index (χ2v) is 9.82. The van der Waals surface area contributed by atoms with E-state index in [-0.39, 0.29) is 18.7 Å². The first-order valence-corrected chi connectivity index (χ1v) is 12.4. The van der Waals surface area contributed by atoms with E-state index < -0.39 is 34.2 Å². The fourth-order valence-electron chi connectivity index (χ4n) is 5.26. The van der Waals surface area contributed by atoms with Crippen molar-refractivity contribution in [3.8, 4) is 0 Å². The Balaban J connectivity index is 2.12. The van der Waals surface area contributed by atoms with Gasteiger partial charge in [0.2, 0.25) is 11.8 Å². The number of carbonyl (C=O) groups excluding carboxylic acids is 3. The molecule has 2 heterocycles. The molecule has 186 valence electrons. The Morgan fingerprint density at radius 2 is 1.88 bits per heavy atom. The average Bonchev–Trinajstić information content (AvgIpc) is 2.78. The predicted octanol–water partition coefficient (Wildman–Crippen LogP) is 4.43. The molecule has 2 aliphatic heterocycles. The minimum Gasteiger partial charge on any atom is -0.367 e. The van der Waals surface area contributed by atoms with Crippen LogP contribution < -0.4 is 10.2 Å². The number of unbranched alkanes of at least 4 members (excludes halogenated alkanes) is 1. The van der Waals surface area contributed by atoms with Crippen molar-refractivity contribution in [2.24, 2.45) is 11.3 Å². The molecular formula is C25H36N4O5. The first-order valence-electron chi connectivity index (χ1n) is 12.4. The van der Waals surface area contributed by atoms with Crippen LogP contribution in [-0.4, -0.2) is 46.8 Å². The summed E-state index contributed by atoms with van der Waals surface area (Å²) >= 11 is 0. The zero-order valence-corrected chi connectivity index (χ0v) is 20.6. The molecule has 3 rings (SSSR count). The summed E-state index contributed by atoms with van der Waals surface area (Å²) in [6.45, 7) is 9.10. The number of nitrogens with zero attached hydrogens (tertiary/aromatic N) is 3. The monoisotopic (exact) mass is 472 g/mol. The zero-order chi connectivity index (χ0) is 25.0. The number of hydrogen-bond donors (Lipinski definition) is 1. The Morgan fingerprint density at radius 1 is 1.15 bits per heavy atom. The predicted molar refractivity (Wildman–Crippen MR) is 130 cm³/mol. The maximum atomic E-state index is 14.0. The second kappa shape index (κ2) is 10.5. The standard InChI is InChI=1S/C25H36N4O5/c1-5-7-13-27-20-12-11-19(29(33)34)15-18(20)16-25(21(27)9-6-2)22(30)26-24(32)28(23(25)31)14-8-10-17(3)4/h11-12,15,17,21H,5-10,13-14,16H2,1-4H3,(H,26,30,32). The highest BCUT2D eigenvalue weighted by Crippen LogP contribution is 2.47. The Kier molecular flexibility index (Phi) is 7.94. The van der Waals surface area contributed by atoms with E-state index in [1.807, 2.05) is 6.92 Å². The third-order valence-corrected chi connectivity index (χ3v) is 6.97. The van der Waals surface area contributed by atoms with Crippen molar-refractivity contribution >= 4 is 29.2 Å². The van der Waals surface area contributed by atoms with Crippen molar-refractivity contribution in [1.29, 1.82) is 0 Å².